The molecular weight excluding hydrogens is 284 g/mol. The first kappa shape index (κ1) is 13.7. The van der Waals surface area contributed by atoms with Gasteiger partial charge in [0, 0.05) is 17.8 Å². The first-order chi connectivity index (χ1) is 10.1. The number of hydrogen-bond acceptors (Lipinski definition) is 3. The van der Waals surface area contributed by atoms with Crippen molar-refractivity contribution in [1.82, 2.24) is 9.55 Å². The molecule has 0 aliphatic heterocycles. The molecule has 0 radical (unpaired) electrons. The molecule has 0 unspecified atom stereocenters. The van der Waals surface area contributed by atoms with Crippen LogP contribution < -0.4 is 9.47 Å². The van der Waals surface area contributed by atoms with Crippen LogP contribution >= 0.6 is 12.2 Å². The van der Waals surface area contributed by atoms with Crippen LogP contribution in [0.5, 0.6) is 11.5 Å². The number of methoxy groups -OCH3 is 2. The van der Waals surface area contributed by atoms with Crippen LogP contribution in [-0.4, -0.2) is 23.8 Å². The number of aromatic amines is 1. The number of nitrogens with zero attached hydrogens (tertiary/aromatic N) is 1. The van der Waals surface area contributed by atoms with E-state index in [9.17, 15) is 0 Å². The predicted octanol–water partition coefficient (Wildman–Crippen LogP) is 4.01. The minimum Gasteiger partial charge on any atom is -0.493 e. The molecular formula is C16H16N2O2S. The lowest BCUT2D eigenvalue weighted by Crippen LogP contribution is -1.95. The highest BCUT2D eigenvalue weighted by molar-refractivity contribution is 7.71. The molecule has 0 bridgehead atoms. The standard InChI is InChI=1S/C16H16N2O2S/c1-10-4-6-11(7-5-10)18-13-9-15(20-3)14(19-2)8-12(13)17-16(18)21/h4-9H,1-3H3,(H,17,21). The summed E-state index contributed by atoms with van der Waals surface area (Å²) in [5.74, 6) is 1.36. The molecule has 0 fully saturated rings. The Labute approximate surface area is 127 Å². The zero-order valence-electron chi connectivity index (χ0n) is 12.1. The van der Waals surface area contributed by atoms with E-state index in [1.807, 2.05) is 16.7 Å². The fourth-order valence-electron chi connectivity index (χ4n) is 2.38. The average molecular weight is 300 g/mol. The molecule has 108 valence electrons. The molecule has 0 aliphatic carbocycles. The molecule has 21 heavy (non-hydrogen) atoms. The van der Waals surface area contributed by atoms with Crippen molar-refractivity contribution in [3.05, 3.63) is 46.7 Å². The van der Waals surface area contributed by atoms with Crippen LogP contribution in [0.3, 0.4) is 0 Å². The zero-order chi connectivity index (χ0) is 15.0. The van der Waals surface area contributed by atoms with E-state index >= 15 is 0 Å². The number of ether oxygens (including phenoxy) is 2. The molecule has 2 aromatic carbocycles. The molecule has 0 spiro atoms. The molecule has 3 aromatic rings. The molecule has 0 amide bonds. The van der Waals surface area contributed by atoms with Crippen molar-refractivity contribution < 1.29 is 9.47 Å². The molecule has 3 rings (SSSR count). The maximum absolute atomic E-state index is 5.45. The topological polar surface area (TPSA) is 39.2 Å². The summed E-state index contributed by atoms with van der Waals surface area (Å²) in [6.07, 6.45) is 0. The molecule has 0 aliphatic rings. The third-order valence-corrected chi connectivity index (χ3v) is 3.76. The Bertz CT molecular complexity index is 847. The summed E-state index contributed by atoms with van der Waals surface area (Å²) in [4.78, 5) is 3.21. The van der Waals surface area contributed by atoms with Gasteiger partial charge in [-0.05, 0) is 31.3 Å². The number of aryl methyl sites for hydroxylation is 1. The lowest BCUT2D eigenvalue weighted by atomic mass is 10.2. The van der Waals surface area contributed by atoms with E-state index < -0.39 is 0 Å². The van der Waals surface area contributed by atoms with Crippen LogP contribution in [0.1, 0.15) is 5.56 Å². The van der Waals surface area contributed by atoms with E-state index in [4.69, 9.17) is 21.7 Å². The van der Waals surface area contributed by atoms with Crippen molar-refractivity contribution in [3.63, 3.8) is 0 Å². The van der Waals surface area contributed by atoms with E-state index in [0.717, 1.165) is 16.7 Å². The van der Waals surface area contributed by atoms with Gasteiger partial charge >= 0.3 is 0 Å². The fraction of sp³-hybridized carbons (Fsp3) is 0.188. The monoisotopic (exact) mass is 300 g/mol. The van der Waals surface area contributed by atoms with Gasteiger partial charge in [0.15, 0.2) is 16.3 Å². The molecule has 4 nitrogen and oxygen atoms in total. The van der Waals surface area contributed by atoms with Crippen LogP contribution in [-0.2, 0) is 0 Å². The summed E-state index contributed by atoms with van der Waals surface area (Å²) in [6, 6.07) is 12.1. The normalized spacial score (nSPS) is 10.8. The Hall–Kier alpha value is -2.27. The van der Waals surface area contributed by atoms with Crippen LogP contribution in [0.2, 0.25) is 0 Å². The summed E-state index contributed by atoms with van der Waals surface area (Å²) in [5, 5.41) is 0. The number of fused-ring (bicyclic) bond motifs is 1. The Kier molecular flexibility index (Phi) is 3.43. The van der Waals surface area contributed by atoms with E-state index in [1.165, 1.54) is 5.56 Å². The molecule has 1 heterocycles. The lowest BCUT2D eigenvalue weighted by Gasteiger charge is -2.09. The average Bonchev–Trinajstić information content (AvgIpc) is 2.81. The summed E-state index contributed by atoms with van der Waals surface area (Å²) in [7, 11) is 3.25. The van der Waals surface area contributed by atoms with Crippen molar-refractivity contribution in [3.8, 4) is 17.2 Å². The third kappa shape index (κ3) is 2.29. The highest BCUT2D eigenvalue weighted by atomic mass is 32.1. The number of H-pyrrole nitrogens is 1. The zero-order valence-corrected chi connectivity index (χ0v) is 13.0. The Morgan fingerprint density at radius 1 is 1.00 bits per heavy atom. The van der Waals surface area contributed by atoms with E-state index in [1.54, 1.807) is 14.2 Å². The van der Waals surface area contributed by atoms with Gasteiger partial charge in [0.25, 0.3) is 0 Å². The first-order valence-corrected chi connectivity index (χ1v) is 6.98. The smallest absolute Gasteiger partial charge is 0.182 e. The summed E-state index contributed by atoms with van der Waals surface area (Å²) in [5.41, 5.74) is 4.10. The van der Waals surface area contributed by atoms with Crippen molar-refractivity contribution in [2.24, 2.45) is 0 Å². The highest BCUT2D eigenvalue weighted by Crippen LogP contribution is 2.33. The first-order valence-electron chi connectivity index (χ1n) is 6.58. The maximum atomic E-state index is 5.45. The summed E-state index contributed by atoms with van der Waals surface area (Å²) < 4.78 is 13.3. The van der Waals surface area contributed by atoms with Gasteiger partial charge in [-0.2, -0.15) is 0 Å². The largest absolute Gasteiger partial charge is 0.493 e. The van der Waals surface area contributed by atoms with Gasteiger partial charge < -0.3 is 14.5 Å². The van der Waals surface area contributed by atoms with Gasteiger partial charge in [0.05, 0.1) is 25.3 Å². The van der Waals surface area contributed by atoms with Crippen molar-refractivity contribution in [2.75, 3.05) is 14.2 Å². The van der Waals surface area contributed by atoms with Gasteiger partial charge in [0.1, 0.15) is 0 Å². The molecule has 0 atom stereocenters. The van der Waals surface area contributed by atoms with E-state index in [2.05, 4.69) is 36.2 Å². The van der Waals surface area contributed by atoms with Crippen molar-refractivity contribution in [2.45, 2.75) is 6.92 Å². The van der Waals surface area contributed by atoms with Gasteiger partial charge in [-0.1, -0.05) is 17.7 Å². The third-order valence-electron chi connectivity index (χ3n) is 3.48. The second-order valence-corrected chi connectivity index (χ2v) is 5.21. The van der Waals surface area contributed by atoms with Gasteiger partial charge in [-0.25, -0.2) is 0 Å². The van der Waals surface area contributed by atoms with Gasteiger partial charge in [-0.3, -0.25) is 4.57 Å². The number of aromatic nitrogens is 2. The number of benzene rings is 2. The molecule has 0 saturated carbocycles. The Balaban J connectivity index is 2.30. The highest BCUT2D eigenvalue weighted by Gasteiger charge is 2.12. The van der Waals surface area contributed by atoms with Crippen molar-refractivity contribution >= 4 is 23.3 Å². The number of hydrogen-bond donors (Lipinski definition) is 1. The van der Waals surface area contributed by atoms with Crippen molar-refractivity contribution in [1.29, 1.82) is 0 Å². The summed E-state index contributed by atoms with van der Waals surface area (Å²) in [6.45, 7) is 2.06. The second-order valence-electron chi connectivity index (χ2n) is 4.83. The van der Waals surface area contributed by atoms with Gasteiger partial charge in [0.2, 0.25) is 0 Å². The molecule has 1 aromatic heterocycles. The minimum absolute atomic E-state index is 0.643. The van der Waals surface area contributed by atoms with Crippen LogP contribution in [0.15, 0.2) is 36.4 Å². The van der Waals surface area contributed by atoms with E-state index in [-0.39, 0.29) is 0 Å². The Morgan fingerprint density at radius 3 is 2.24 bits per heavy atom. The second kappa shape index (κ2) is 5.26. The minimum atomic E-state index is 0.643. The van der Waals surface area contributed by atoms with Crippen LogP contribution in [0.25, 0.3) is 16.7 Å². The molecule has 1 N–H and O–H groups in total. The fourth-order valence-corrected chi connectivity index (χ4v) is 2.70. The Morgan fingerprint density at radius 2 is 1.62 bits per heavy atom. The lowest BCUT2D eigenvalue weighted by molar-refractivity contribution is 0.355. The van der Waals surface area contributed by atoms with Crippen LogP contribution in [0.4, 0.5) is 0 Å². The van der Waals surface area contributed by atoms with E-state index in [0.29, 0.717) is 16.3 Å². The predicted molar refractivity (Wildman–Crippen MR) is 86.3 cm³/mol. The molecule has 5 heteroatoms. The van der Waals surface area contributed by atoms with Gasteiger partial charge in [-0.15, -0.1) is 0 Å². The summed E-state index contributed by atoms with van der Waals surface area (Å²) >= 11 is 5.45. The number of nitrogens with one attached hydrogen (secondary N) is 1. The number of rotatable bonds is 3. The quantitative estimate of drug-likeness (QED) is 0.743. The SMILES string of the molecule is COc1cc2[nH]c(=S)n(-c3ccc(C)cc3)c2cc1OC. The van der Waals surface area contributed by atoms with Crippen LogP contribution in [0, 0.1) is 11.7 Å². The number of imidazole rings is 1. The molecule has 0 saturated heterocycles. The maximum Gasteiger partial charge on any atom is 0.182 e.